The van der Waals surface area contributed by atoms with Crippen LogP contribution in [0.1, 0.15) is 23.5 Å². The summed E-state index contributed by atoms with van der Waals surface area (Å²) in [6.07, 6.45) is 0. The normalized spacial score (nSPS) is 16.4. The van der Waals surface area contributed by atoms with Crippen molar-refractivity contribution in [2.45, 2.75) is 13.0 Å². The third kappa shape index (κ3) is 3.31. The Hall–Kier alpha value is -3.64. The zero-order valence-corrected chi connectivity index (χ0v) is 17.0. The van der Waals surface area contributed by atoms with Crippen LogP contribution in [-0.2, 0) is 0 Å². The van der Waals surface area contributed by atoms with Gasteiger partial charge in [0, 0.05) is 22.2 Å². The van der Waals surface area contributed by atoms with E-state index in [1.165, 1.54) is 10.8 Å². The van der Waals surface area contributed by atoms with Crippen LogP contribution < -0.4 is 10.6 Å². The summed E-state index contributed by atoms with van der Waals surface area (Å²) in [6, 6.07) is 20.9. The average Bonchev–Trinajstić information content (AvgIpc) is 3.22. The fraction of sp³-hybridized carbons (Fsp3) is 0.0833. The van der Waals surface area contributed by atoms with E-state index in [4.69, 9.17) is 4.98 Å². The standard InChI is InChI=1S/C24H19N3O2S/c1-14-21(22(27-24(29)25-14)18-7-4-8-19(28)12-18)23-26-20(13-30-23)17-10-9-15-5-2-3-6-16(15)11-17/h2-13,22,28H,1H3,(H2,25,27,29). The van der Waals surface area contributed by atoms with E-state index in [2.05, 4.69) is 41.0 Å². The number of rotatable bonds is 3. The Kier molecular flexibility index (Phi) is 4.48. The molecule has 0 spiro atoms. The second-order valence-corrected chi connectivity index (χ2v) is 8.12. The van der Waals surface area contributed by atoms with Gasteiger partial charge in [-0.15, -0.1) is 11.3 Å². The molecule has 1 atom stereocenters. The topological polar surface area (TPSA) is 74.2 Å². The van der Waals surface area contributed by atoms with Crippen LogP contribution in [0.25, 0.3) is 27.6 Å². The smallest absolute Gasteiger partial charge is 0.319 e. The zero-order valence-electron chi connectivity index (χ0n) is 16.2. The Morgan fingerprint density at radius 3 is 2.67 bits per heavy atom. The minimum absolute atomic E-state index is 0.160. The zero-order chi connectivity index (χ0) is 20.7. The minimum Gasteiger partial charge on any atom is -0.508 e. The number of carbonyl (C=O) groups is 1. The lowest BCUT2D eigenvalue weighted by molar-refractivity contribution is 0.240. The van der Waals surface area contributed by atoms with Crippen LogP contribution in [0.15, 0.2) is 77.8 Å². The second-order valence-electron chi connectivity index (χ2n) is 7.26. The molecule has 0 saturated carbocycles. The van der Waals surface area contributed by atoms with Gasteiger partial charge in [0.1, 0.15) is 10.8 Å². The maximum Gasteiger partial charge on any atom is 0.319 e. The Labute approximate surface area is 177 Å². The Morgan fingerprint density at radius 2 is 1.83 bits per heavy atom. The number of aromatic nitrogens is 1. The number of amides is 2. The molecule has 0 fully saturated rings. The summed E-state index contributed by atoms with van der Waals surface area (Å²) < 4.78 is 0. The van der Waals surface area contributed by atoms with Crippen molar-refractivity contribution in [1.29, 1.82) is 0 Å². The minimum atomic E-state index is -0.388. The lowest BCUT2D eigenvalue weighted by Gasteiger charge is -2.28. The van der Waals surface area contributed by atoms with E-state index >= 15 is 0 Å². The molecule has 2 heterocycles. The molecule has 6 heteroatoms. The number of urea groups is 1. The first-order chi connectivity index (χ1) is 14.6. The first-order valence-electron chi connectivity index (χ1n) is 9.61. The fourth-order valence-electron chi connectivity index (χ4n) is 3.81. The van der Waals surface area contributed by atoms with Gasteiger partial charge in [-0.05, 0) is 41.5 Å². The van der Waals surface area contributed by atoms with Gasteiger partial charge in [-0.25, -0.2) is 9.78 Å². The van der Waals surface area contributed by atoms with Crippen molar-refractivity contribution in [1.82, 2.24) is 15.6 Å². The molecule has 30 heavy (non-hydrogen) atoms. The molecular formula is C24H19N3O2S. The summed E-state index contributed by atoms with van der Waals surface area (Å²) in [5.74, 6) is 0.160. The van der Waals surface area contributed by atoms with Crippen LogP contribution in [0.3, 0.4) is 0 Å². The first kappa shape index (κ1) is 18.4. The van der Waals surface area contributed by atoms with E-state index in [0.29, 0.717) is 0 Å². The van der Waals surface area contributed by atoms with Crippen LogP contribution in [0.2, 0.25) is 0 Å². The number of nitrogens with one attached hydrogen (secondary N) is 2. The van der Waals surface area contributed by atoms with Crippen molar-refractivity contribution < 1.29 is 9.90 Å². The third-order valence-electron chi connectivity index (χ3n) is 5.25. The van der Waals surface area contributed by atoms with Crippen LogP contribution in [-0.4, -0.2) is 16.1 Å². The molecule has 1 aliphatic heterocycles. The monoisotopic (exact) mass is 413 g/mol. The number of nitrogens with zero attached hydrogens (tertiary/aromatic N) is 1. The highest BCUT2D eigenvalue weighted by atomic mass is 32.1. The van der Waals surface area contributed by atoms with E-state index < -0.39 is 0 Å². The van der Waals surface area contributed by atoms with Crippen LogP contribution in [0, 0.1) is 0 Å². The van der Waals surface area contributed by atoms with Gasteiger partial charge < -0.3 is 15.7 Å². The molecule has 2 amide bonds. The molecular weight excluding hydrogens is 394 g/mol. The molecule has 0 bridgehead atoms. The van der Waals surface area contributed by atoms with Gasteiger partial charge in [0.2, 0.25) is 0 Å². The van der Waals surface area contributed by atoms with Crippen LogP contribution >= 0.6 is 11.3 Å². The number of thiazole rings is 1. The van der Waals surface area contributed by atoms with E-state index in [-0.39, 0.29) is 17.8 Å². The maximum atomic E-state index is 12.1. The lowest BCUT2D eigenvalue weighted by Crippen LogP contribution is -2.42. The molecule has 0 saturated heterocycles. The van der Waals surface area contributed by atoms with Gasteiger partial charge in [0.25, 0.3) is 0 Å². The Balaban J connectivity index is 1.57. The van der Waals surface area contributed by atoms with E-state index in [9.17, 15) is 9.90 Å². The molecule has 4 aromatic rings. The van der Waals surface area contributed by atoms with E-state index in [1.54, 1.807) is 29.5 Å². The number of phenols is 1. The number of aromatic hydroxyl groups is 1. The highest BCUT2D eigenvalue weighted by Crippen LogP contribution is 2.38. The molecule has 0 radical (unpaired) electrons. The van der Waals surface area contributed by atoms with Gasteiger partial charge in [-0.3, -0.25) is 0 Å². The average molecular weight is 414 g/mol. The van der Waals surface area contributed by atoms with Crippen molar-refractivity contribution in [3.8, 4) is 17.0 Å². The molecule has 1 aromatic heterocycles. The highest BCUT2D eigenvalue weighted by molar-refractivity contribution is 7.11. The van der Waals surface area contributed by atoms with Gasteiger partial charge in [-0.2, -0.15) is 0 Å². The molecule has 0 aliphatic carbocycles. The summed E-state index contributed by atoms with van der Waals surface area (Å²) in [6.45, 7) is 1.88. The summed E-state index contributed by atoms with van der Waals surface area (Å²) in [5.41, 5.74) is 4.41. The van der Waals surface area contributed by atoms with Crippen molar-refractivity contribution in [2.24, 2.45) is 0 Å². The predicted molar refractivity (Wildman–Crippen MR) is 120 cm³/mol. The van der Waals surface area contributed by atoms with Gasteiger partial charge in [-0.1, -0.05) is 48.5 Å². The molecule has 1 aliphatic rings. The van der Waals surface area contributed by atoms with E-state index in [1.807, 2.05) is 30.5 Å². The highest BCUT2D eigenvalue weighted by Gasteiger charge is 2.29. The molecule has 3 aromatic carbocycles. The lowest BCUT2D eigenvalue weighted by atomic mass is 9.96. The largest absolute Gasteiger partial charge is 0.508 e. The van der Waals surface area contributed by atoms with Gasteiger partial charge >= 0.3 is 6.03 Å². The Bertz CT molecular complexity index is 1310. The SMILES string of the molecule is CC1=C(c2nc(-c3ccc4ccccc4c3)cs2)C(c2cccc(O)c2)NC(=O)N1. The summed E-state index contributed by atoms with van der Waals surface area (Å²) in [4.78, 5) is 17.0. The molecule has 5 nitrogen and oxygen atoms in total. The Morgan fingerprint density at radius 1 is 1.00 bits per heavy atom. The van der Waals surface area contributed by atoms with Crippen molar-refractivity contribution >= 4 is 33.7 Å². The van der Waals surface area contributed by atoms with Crippen molar-refractivity contribution in [2.75, 3.05) is 0 Å². The van der Waals surface area contributed by atoms with E-state index in [0.717, 1.165) is 33.1 Å². The first-order valence-corrected chi connectivity index (χ1v) is 10.5. The molecule has 5 rings (SSSR count). The number of benzene rings is 3. The van der Waals surface area contributed by atoms with Crippen LogP contribution in [0.4, 0.5) is 4.79 Å². The maximum absolute atomic E-state index is 12.1. The summed E-state index contributed by atoms with van der Waals surface area (Å²) >= 11 is 1.54. The summed E-state index contributed by atoms with van der Waals surface area (Å²) in [7, 11) is 0. The number of phenolic OH excluding ortho intramolecular Hbond substituents is 1. The number of carbonyl (C=O) groups excluding carboxylic acids is 1. The number of hydrogen-bond acceptors (Lipinski definition) is 4. The predicted octanol–water partition coefficient (Wildman–Crippen LogP) is 5.45. The number of hydrogen-bond donors (Lipinski definition) is 3. The number of allylic oxidation sites excluding steroid dienone is 1. The van der Waals surface area contributed by atoms with Crippen molar-refractivity contribution in [3.05, 3.63) is 88.4 Å². The third-order valence-corrected chi connectivity index (χ3v) is 6.13. The van der Waals surface area contributed by atoms with Gasteiger partial charge in [0.05, 0.1) is 11.7 Å². The fourth-order valence-corrected chi connectivity index (χ4v) is 4.77. The molecule has 148 valence electrons. The summed E-state index contributed by atoms with van der Waals surface area (Å²) in [5, 5.41) is 21.0. The van der Waals surface area contributed by atoms with Gasteiger partial charge in [0.15, 0.2) is 0 Å². The van der Waals surface area contributed by atoms with Crippen LogP contribution in [0.5, 0.6) is 5.75 Å². The van der Waals surface area contributed by atoms with Crippen molar-refractivity contribution in [3.63, 3.8) is 0 Å². The number of fused-ring (bicyclic) bond motifs is 1. The quantitative estimate of drug-likeness (QED) is 0.418. The molecule has 1 unspecified atom stereocenters. The molecule has 3 N–H and O–H groups in total. The second kappa shape index (κ2) is 7.31.